The van der Waals surface area contributed by atoms with E-state index in [4.69, 9.17) is 0 Å². The van der Waals surface area contributed by atoms with Crippen molar-refractivity contribution in [2.75, 3.05) is 7.05 Å². The van der Waals surface area contributed by atoms with Crippen molar-refractivity contribution in [2.24, 2.45) is 0 Å². The van der Waals surface area contributed by atoms with Gasteiger partial charge in [-0.05, 0) is 43.2 Å². The number of rotatable bonds is 4. The summed E-state index contributed by atoms with van der Waals surface area (Å²) in [6.07, 6.45) is 4.96. The standard InChI is InChI=1S/C24H23N3O3S/c1-26(14-21-25-19-9-5-6-10-20(19)31-21)22(28)15-11-12-17-18(13-15)24(30)27(23(17)29)16-7-3-2-4-8-16/h5-6,9-13,16H,2-4,7-8,14H2,1H3. The van der Waals surface area contributed by atoms with E-state index in [0.717, 1.165) is 47.3 Å². The number of benzene rings is 2. The second-order valence-corrected chi connectivity index (χ2v) is 9.38. The van der Waals surface area contributed by atoms with Crippen LogP contribution < -0.4 is 0 Å². The SMILES string of the molecule is CN(Cc1nc2ccccc2s1)C(=O)c1ccc2c(c1)C(=O)N(C1CCCCC1)C2=O. The van der Waals surface area contributed by atoms with E-state index in [0.29, 0.717) is 23.2 Å². The van der Waals surface area contributed by atoms with E-state index >= 15 is 0 Å². The van der Waals surface area contributed by atoms with E-state index < -0.39 is 0 Å². The summed E-state index contributed by atoms with van der Waals surface area (Å²) in [5.74, 6) is -0.692. The van der Waals surface area contributed by atoms with E-state index in [1.165, 1.54) is 4.90 Å². The largest absolute Gasteiger partial charge is 0.335 e. The lowest BCUT2D eigenvalue weighted by Crippen LogP contribution is -2.40. The monoisotopic (exact) mass is 433 g/mol. The Morgan fingerprint density at radius 3 is 2.58 bits per heavy atom. The Labute approximate surface area is 184 Å². The van der Waals surface area contributed by atoms with Crippen LogP contribution in [-0.4, -0.2) is 45.6 Å². The van der Waals surface area contributed by atoms with Crippen LogP contribution in [0.3, 0.4) is 0 Å². The summed E-state index contributed by atoms with van der Waals surface area (Å²) in [6, 6.07) is 12.7. The maximum Gasteiger partial charge on any atom is 0.261 e. The maximum absolute atomic E-state index is 13.0. The van der Waals surface area contributed by atoms with Crippen molar-refractivity contribution in [1.82, 2.24) is 14.8 Å². The molecule has 31 heavy (non-hydrogen) atoms. The Morgan fingerprint density at radius 2 is 1.81 bits per heavy atom. The third kappa shape index (κ3) is 3.53. The van der Waals surface area contributed by atoms with E-state index in [9.17, 15) is 14.4 Å². The molecule has 158 valence electrons. The van der Waals surface area contributed by atoms with Crippen molar-refractivity contribution < 1.29 is 14.4 Å². The highest BCUT2D eigenvalue weighted by Crippen LogP contribution is 2.32. The van der Waals surface area contributed by atoms with Gasteiger partial charge in [0.05, 0.1) is 27.9 Å². The van der Waals surface area contributed by atoms with E-state index in [1.807, 2.05) is 24.3 Å². The minimum absolute atomic E-state index is 0.0259. The van der Waals surface area contributed by atoms with Crippen LogP contribution in [-0.2, 0) is 6.54 Å². The van der Waals surface area contributed by atoms with Crippen LogP contribution in [0.25, 0.3) is 10.2 Å². The van der Waals surface area contributed by atoms with Gasteiger partial charge < -0.3 is 4.90 Å². The molecule has 5 rings (SSSR count). The third-order valence-corrected chi connectivity index (χ3v) is 7.18. The first-order valence-electron chi connectivity index (χ1n) is 10.6. The molecule has 0 atom stereocenters. The molecule has 1 saturated carbocycles. The van der Waals surface area contributed by atoms with Crippen LogP contribution >= 0.6 is 11.3 Å². The first-order chi connectivity index (χ1) is 15.0. The van der Waals surface area contributed by atoms with Crippen LogP contribution in [0.2, 0.25) is 0 Å². The molecule has 1 fully saturated rings. The van der Waals surface area contributed by atoms with Gasteiger partial charge in [-0.15, -0.1) is 11.3 Å². The van der Waals surface area contributed by atoms with Crippen molar-refractivity contribution in [3.8, 4) is 0 Å². The van der Waals surface area contributed by atoms with Gasteiger partial charge in [0.2, 0.25) is 0 Å². The molecular formula is C24H23N3O3S. The zero-order chi connectivity index (χ0) is 21.5. The second-order valence-electron chi connectivity index (χ2n) is 8.27. The molecule has 2 aromatic carbocycles. The van der Waals surface area contributed by atoms with Crippen LogP contribution in [0.15, 0.2) is 42.5 Å². The van der Waals surface area contributed by atoms with Crippen LogP contribution in [0.1, 0.15) is 68.2 Å². The van der Waals surface area contributed by atoms with Crippen molar-refractivity contribution in [2.45, 2.75) is 44.7 Å². The first kappa shape index (κ1) is 19.9. The van der Waals surface area contributed by atoms with Crippen LogP contribution in [0.4, 0.5) is 0 Å². The number of para-hydroxylation sites is 1. The number of aromatic nitrogens is 1. The van der Waals surface area contributed by atoms with Gasteiger partial charge in [0, 0.05) is 18.7 Å². The number of carbonyl (C=O) groups excluding carboxylic acids is 3. The van der Waals surface area contributed by atoms with Crippen LogP contribution in [0.5, 0.6) is 0 Å². The van der Waals surface area contributed by atoms with Gasteiger partial charge in [-0.2, -0.15) is 0 Å². The number of hydrogen-bond donors (Lipinski definition) is 0. The molecule has 0 saturated heterocycles. The number of nitrogens with zero attached hydrogens (tertiary/aromatic N) is 3. The van der Waals surface area contributed by atoms with Gasteiger partial charge >= 0.3 is 0 Å². The molecule has 1 aliphatic heterocycles. The van der Waals surface area contributed by atoms with E-state index in [1.54, 1.807) is 41.5 Å². The maximum atomic E-state index is 13.0. The molecule has 0 radical (unpaired) electrons. The molecule has 0 spiro atoms. The van der Waals surface area contributed by atoms with Gasteiger partial charge in [0.25, 0.3) is 17.7 Å². The molecule has 1 aliphatic carbocycles. The minimum atomic E-state index is -0.268. The van der Waals surface area contributed by atoms with Crippen molar-refractivity contribution in [3.05, 3.63) is 64.2 Å². The average molecular weight is 434 g/mol. The molecule has 0 N–H and O–H groups in total. The van der Waals surface area contributed by atoms with Crippen molar-refractivity contribution in [3.63, 3.8) is 0 Å². The molecule has 2 aliphatic rings. The third-order valence-electron chi connectivity index (χ3n) is 6.16. The molecule has 2 heterocycles. The predicted octanol–water partition coefficient (Wildman–Crippen LogP) is 4.50. The number of hydrogen-bond acceptors (Lipinski definition) is 5. The normalized spacial score (nSPS) is 16.7. The van der Waals surface area contributed by atoms with Gasteiger partial charge in [0.15, 0.2) is 0 Å². The number of thiazole rings is 1. The Hall–Kier alpha value is -3.06. The highest BCUT2D eigenvalue weighted by Gasteiger charge is 2.40. The highest BCUT2D eigenvalue weighted by molar-refractivity contribution is 7.18. The van der Waals surface area contributed by atoms with Gasteiger partial charge in [-0.25, -0.2) is 4.98 Å². The second kappa shape index (κ2) is 7.89. The van der Waals surface area contributed by atoms with E-state index in [2.05, 4.69) is 4.98 Å². The summed E-state index contributed by atoms with van der Waals surface area (Å²) in [6.45, 7) is 0.385. The highest BCUT2D eigenvalue weighted by atomic mass is 32.1. The zero-order valence-electron chi connectivity index (χ0n) is 17.3. The first-order valence-corrected chi connectivity index (χ1v) is 11.5. The molecule has 0 bridgehead atoms. The Kier molecular flexibility index (Phi) is 5.06. The Morgan fingerprint density at radius 1 is 1.06 bits per heavy atom. The molecule has 0 unspecified atom stereocenters. The Balaban J connectivity index is 1.36. The smallest absolute Gasteiger partial charge is 0.261 e. The number of fused-ring (bicyclic) bond motifs is 2. The summed E-state index contributed by atoms with van der Waals surface area (Å²) in [5, 5.41) is 0.855. The van der Waals surface area contributed by atoms with E-state index in [-0.39, 0.29) is 23.8 Å². The van der Waals surface area contributed by atoms with Gasteiger partial charge in [-0.1, -0.05) is 31.4 Å². The number of amides is 3. The number of carbonyl (C=O) groups is 3. The number of imide groups is 1. The molecule has 3 aromatic rings. The fourth-order valence-electron chi connectivity index (χ4n) is 4.55. The fraction of sp³-hybridized carbons (Fsp3) is 0.333. The molecular weight excluding hydrogens is 410 g/mol. The summed E-state index contributed by atoms with van der Waals surface area (Å²) < 4.78 is 1.09. The lowest BCUT2D eigenvalue weighted by atomic mass is 9.94. The van der Waals surface area contributed by atoms with Crippen molar-refractivity contribution >= 4 is 39.3 Å². The summed E-state index contributed by atoms with van der Waals surface area (Å²) in [4.78, 5) is 46.5. The molecule has 7 heteroatoms. The molecule has 6 nitrogen and oxygen atoms in total. The quantitative estimate of drug-likeness (QED) is 0.568. The lowest BCUT2D eigenvalue weighted by Gasteiger charge is -2.29. The predicted molar refractivity (Wildman–Crippen MR) is 119 cm³/mol. The lowest BCUT2D eigenvalue weighted by molar-refractivity contribution is 0.0548. The average Bonchev–Trinajstić information content (AvgIpc) is 3.31. The molecule has 1 aromatic heterocycles. The summed E-state index contributed by atoms with van der Waals surface area (Å²) in [5.41, 5.74) is 2.08. The summed E-state index contributed by atoms with van der Waals surface area (Å²) >= 11 is 1.56. The fourth-order valence-corrected chi connectivity index (χ4v) is 5.57. The topological polar surface area (TPSA) is 70.6 Å². The Bertz CT molecular complexity index is 1160. The van der Waals surface area contributed by atoms with Crippen LogP contribution in [0, 0.1) is 0 Å². The minimum Gasteiger partial charge on any atom is -0.335 e. The summed E-state index contributed by atoms with van der Waals surface area (Å²) in [7, 11) is 1.73. The van der Waals surface area contributed by atoms with Gasteiger partial charge in [-0.3, -0.25) is 19.3 Å². The van der Waals surface area contributed by atoms with Gasteiger partial charge in [0.1, 0.15) is 5.01 Å². The molecule has 3 amide bonds. The zero-order valence-corrected chi connectivity index (χ0v) is 18.2. The van der Waals surface area contributed by atoms with Crippen molar-refractivity contribution in [1.29, 1.82) is 0 Å².